The number of benzene rings is 2. The minimum atomic E-state index is -0.711. The number of primary amides is 1. The molecule has 0 spiro atoms. The largest absolute Gasteiger partial charge is 0.497 e. The molecule has 2 aromatic carbocycles. The van der Waals surface area contributed by atoms with Crippen molar-refractivity contribution in [2.45, 2.75) is 45.4 Å². The standard InChI is InChI=1S/C27H30N4O5/c1-18(32)6-4-3-5-7-19-8-10-20(11-9-19)30-17-16-23-24(26(28)33)29-31(25(23)27(30)34)36-22-14-12-21(35-2)13-15-22/h8-15H,3-7,16-17H2,1-2H3,(H2,28,33). The molecule has 0 radical (unpaired) electrons. The summed E-state index contributed by atoms with van der Waals surface area (Å²) in [5, 5.41) is 4.20. The van der Waals surface area contributed by atoms with Crippen molar-refractivity contribution in [1.82, 2.24) is 9.94 Å². The van der Waals surface area contributed by atoms with Gasteiger partial charge in [-0.15, -0.1) is 5.10 Å². The second kappa shape index (κ2) is 11.1. The molecule has 0 aliphatic carbocycles. The van der Waals surface area contributed by atoms with Gasteiger partial charge in [0.05, 0.1) is 7.11 Å². The van der Waals surface area contributed by atoms with E-state index < -0.39 is 5.91 Å². The highest BCUT2D eigenvalue weighted by molar-refractivity contribution is 6.09. The van der Waals surface area contributed by atoms with Gasteiger partial charge in [0.25, 0.3) is 11.8 Å². The molecule has 2 heterocycles. The highest BCUT2D eigenvalue weighted by atomic mass is 16.7. The fourth-order valence-corrected chi connectivity index (χ4v) is 4.30. The van der Waals surface area contributed by atoms with Crippen molar-refractivity contribution in [2.24, 2.45) is 5.73 Å². The Hall–Kier alpha value is -4.14. The van der Waals surface area contributed by atoms with Crippen molar-refractivity contribution < 1.29 is 24.0 Å². The summed E-state index contributed by atoms with van der Waals surface area (Å²) in [7, 11) is 1.56. The number of nitrogens with two attached hydrogens (primary N) is 1. The van der Waals surface area contributed by atoms with Gasteiger partial charge in [0.15, 0.2) is 17.1 Å². The maximum atomic E-state index is 13.5. The van der Waals surface area contributed by atoms with E-state index in [1.807, 2.05) is 24.3 Å². The number of carbonyl (C=O) groups is 3. The monoisotopic (exact) mass is 490 g/mol. The fourth-order valence-electron chi connectivity index (χ4n) is 4.30. The van der Waals surface area contributed by atoms with Crippen molar-refractivity contribution >= 4 is 23.3 Å². The molecule has 9 heteroatoms. The normalized spacial score (nSPS) is 12.8. The van der Waals surface area contributed by atoms with Crippen molar-refractivity contribution in [1.29, 1.82) is 0 Å². The molecule has 0 atom stereocenters. The molecular formula is C27H30N4O5. The first-order chi connectivity index (χ1) is 17.4. The van der Waals surface area contributed by atoms with Crippen LogP contribution in [-0.4, -0.2) is 41.2 Å². The van der Waals surface area contributed by atoms with Gasteiger partial charge in [-0.05, 0) is 74.6 Å². The summed E-state index contributed by atoms with van der Waals surface area (Å²) in [5.74, 6) is 0.283. The zero-order chi connectivity index (χ0) is 25.7. The Morgan fingerprint density at radius 2 is 1.69 bits per heavy atom. The Balaban J connectivity index is 1.51. The molecule has 9 nitrogen and oxygen atoms in total. The predicted molar refractivity (Wildman–Crippen MR) is 134 cm³/mol. The zero-order valence-electron chi connectivity index (χ0n) is 20.5. The van der Waals surface area contributed by atoms with Gasteiger partial charge in [-0.2, -0.15) is 0 Å². The van der Waals surface area contributed by atoms with Crippen molar-refractivity contribution in [3.63, 3.8) is 0 Å². The van der Waals surface area contributed by atoms with Crippen molar-refractivity contribution in [2.75, 3.05) is 18.6 Å². The fraction of sp³-hybridized carbons (Fsp3) is 0.333. The number of amides is 2. The summed E-state index contributed by atoms with van der Waals surface area (Å²) in [6.07, 6.45) is 4.90. The SMILES string of the molecule is COc1ccc(On2nc(C(N)=O)c3c2C(=O)N(c2ccc(CCCCCC(C)=O)cc2)CC3)cc1. The molecule has 3 aromatic rings. The van der Waals surface area contributed by atoms with Crippen LogP contribution in [0.4, 0.5) is 5.69 Å². The molecule has 188 valence electrons. The minimum absolute atomic E-state index is 0.0339. The van der Waals surface area contributed by atoms with E-state index in [-0.39, 0.29) is 23.1 Å². The molecule has 1 aliphatic heterocycles. The third-order valence-corrected chi connectivity index (χ3v) is 6.21. The number of unbranched alkanes of at least 4 members (excludes halogenated alkanes) is 2. The number of anilines is 1. The summed E-state index contributed by atoms with van der Waals surface area (Å²) in [6, 6.07) is 14.7. The molecular weight excluding hydrogens is 460 g/mol. The number of carbonyl (C=O) groups excluding carboxylic acids is 3. The first kappa shape index (κ1) is 25.0. The van der Waals surface area contributed by atoms with Crippen LogP contribution >= 0.6 is 0 Å². The third-order valence-electron chi connectivity index (χ3n) is 6.21. The first-order valence-corrected chi connectivity index (χ1v) is 12.0. The predicted octanol–water partition coefficient (Wildman–Crippen LogP) is 3.73. The van der Waals surface area contributed by atoms with Gasteiger partial charge in [0.1, 0.15) is 11.5 Å². The van der Waals surface area contributed by atoms with E-state index in [1.54, 1.807) is 43.2 Å². The van der Waals surface area contributed by atoms with Crippen LogP contribution in [-0.2, 0) is 17.6 Å². The minimum Gasteiger partial charge on any atom is -0.497 e. The number of hydrogen-bond acceptors (Lipinski definition) is 6. The Bertz CT molecular complexity index is 1250. The number of aryl methyl sites for hydroxylation is 1. The quantitative estimate of drug-likeness (QED) is 0.410. The van der Waals surface area contributed by atoms with Crippen LogP contribution in [0.1, 0.15) is 64.7 Å². The number of ketones is 1. The van der Waals surface area contributed by atoms with Gasteiger partial charge in [-0.3, -0.25) is 9.59 Å². The van der Waals surface area contributed by atoms with E-state index in [2.05, 4.69) is 5.10 Å². The highest BCUT2D eigenvalue weighted by Crippen LogP contribution is 2.28. The van der Waals surface area contributed by atoms with Crippen LogP contribution in [0.25, 0.3) is 0 Å². The number of nitrogens with zero attached hydrogens (tertiary/aromatic N) is 3. The van der Waals surface area contributed by atoms with E-state index in [4.69, 9.17) is 15.3 Å². The number of rotatable bonds is 11. The molecule has 0 saturated carbocycles. The van der Waals surface area contributed by atoms with Crippen LogP contribution < -0.4 is 20.2 Å². The van der Waals surface area contributed by atoms with Gasteiger partial charge in [-0.1, -0.05) is 23.4 Å². The van der Waals surface area contributed by atoms with Gasteiger partial charge >= 0.3 is 0 Å². The molecule has 0 unspecified atom stereocenters. The van der Waals surface area contributed by atoms with E-state index >= 15 is 0 Å². The number of Topliss-reactive ketones (excluding diaryl/α,β-unsaturated/α-hetero) is 1. The van der Waals surface area contributed by atoms with Gasteiger partial charge in [-0.25, -0.2) is 0 Å². The summed E-state index contributed by atoms with van der Waals surface area (Å²) in [6.45, 7) is 2.02. The Morgan fingerprint density at radius 1 is 1.00 bits per heavy atom. The zero-order valence-corrected chi connectivity index (χ0v) is 20.5. The molecule has 2 N–H and O–H groups in total. The summed E-state index contributed by atoms with van der Waals surface area (Å²) < 4.78 is 5.16. The number of hydrogen-bond donors (Lipinski definition) is 1. The lowest BCUT2D eigenvalue weighted by atomic mass is 10.0. The molecule has 1 aromatic heterocycles. The van der Waals surface area contributed by atoms with Gasteiger partial charge < -0.3 is 25.0 Å². The number of methoxy groups -OCH3 is 1. The number of fused-ring (bicyclic) bond motifs is 1. The second-order valence-corrected chi connectivity index (χ2v) is 8.82. The maximum Gasteiger partial charge on any atom is 0.280 e. The van der Waals surface area contributed by atoms with E-state index in [0.29, 0.717) is 36.4 Å². The Morgan fingerprint density at radius 3 is 2.33 bits per heavy atom. The van der Waals surface area contributed by atoms with Crippen LogP contribution in [0, 0.1) is 0 Å². The Labute approximate surface area is 209 Å². The van der Waals surface area contributed by atoms with Crippen LogP contribution in [0.3, 0.4) is 0 Å². The molecule has 1 aliphatic rings. The van der Waals surface area contributed by atoms with Crippen molar-refractivity contribution in [3.8, 4) is 11.5 Å². The van der Waals surface area contributed by atoms with E-state index in [9.17, 15) is 14.4 Å². The summed E-state index contributed by atoms with van der Waals surface area (Å²) in [5.41, 5.74) is 8.17. The molecule has 36 heavy (non-hydrogen) atoms. The molecule has 0 saturated heterocycles. The van der Waals surface area contributed by atoms with Gasteiger partial charge in [0.2, 0.25) is 0 Å². The number of ether oxygens (including phenoxy) is 1. The molecule has 2 amide bonds. The topological polar surface area (TPSA) is 117 Å². The van der Waals surface area contributed by atoms with E-state index in [0.717, 1.165) is 36.2 Å². The average Bonchev–Trinajstić information content (AvgIpc) is 3.24. The highest BCUT2D eigenvalue weighted by Gasteiger charge is 2.35. The van der Waals surface area contributed by atoms with Crippen LogP contribution in [0.15, 0.2) is 48.5 Å². The summed E-state index contributed by atoms with van der Waals surface area (Å²) in [4.78, 5) is 45.2. The molecule has 0 fully saturated rings. The lowest BCUT2D eigenvalue weighted by molar-refractivity contribution is -0.117. The second-order valence-electron chi connectivity index (χ2n) is 8.82. The summed E-state index contributed by atoms with van der Waals surface area (Å²) >= 11 is 0. The first-order valence-electron chi connectivity index (χ1n) is 12.0. The third kappa shape index (κ3) is 5.56. The molecule has 4 rings (SSSR count). The molecule has 0 bridgehead atoms. The van der Waals surface area contributed by atoms with Crippen LogP contribution in [0.5, 0.6) is 11.5 Å². The lowest BCUT2D eigenvalue weighted by Crippen LogP contribution is -2.39. The lowest BCUT2D eigenvalue weighted by Gasteiger charge is -2.27. The smallest absolute Gasteiger partial charge is 0.280 e. The van der Waals surface area contributed by atoms with Crippen molar-refractivity contribution in [3.05, 3.63) is 71.0 Å². The Kier molecular flexibility index (Phi) is 7.68. The van der Waals surface area contributed by atoms with E-state index in [1.165, 1.54) is 5.56 Å². The van der Waals surface area contributed by atoms with Gasteiger partial charge in [0, 0.05) is 24.2 Å². The average molecular weight is 491 g/mol. The number of aromatic nitrogens is 2. The van der Waals surface area contributed by atoms with Crippen LogP contribution in [0.2, 0.25) is 0 Å². The maximum absolute atomic E-state index is 13.5.